The highest BCUT2D eigenvalue weighted by atomic mass is 16.6. The van der Waals surface area contributed by atoms with E-state index in [1.54, 1.807) is 25.2 Å². The first-order valence-corrected chi connectivity index (χ1v) is 9.02. The predicted octanol–water partition coefficient (Wildman–Crippen LogP) is 2.30. The number of carbonyl (C=O) groups excluding carboxylic acids is 2. The van der Waals surface area contributed by atoms with Crippen molar-refractivity contribution in [2.75, 3.05) is 14.2 Å². The first-order valence-electron chi connectivity index (χ1n) is 9.02. The molecule has 7 nitrogen and oxygen atoms in total. The summed E-state index contributed by atoms with van der Waals surface area (Å²) in [5.74, 6) is -0.0903. The molecule has 0 saturated carbocycles. The molecule has 0 radical (unpaired) electrons. The van der Waals surface area contributed by atoms with Gasteiger partial charge < -0.3 is 14.4 Å². The second-order valence-electron chi connectivity index (χ2n) is 6.60. The lowest BCUT2D eigenvalue weighted by Crippen LogP contribution is -2.63. The zero-order valence-electron chi connectivity index (χ0n) is 16.2. The summed E-state index contributed by atoms with van der Waals surface area (Å²) >= 11 is 0. The number of hydrogen-bond donors (Lipinski definition) is 1. The van der Waals surface area contributed by atoms with Gasteiger partial charge in [0.2, 0.25) is 5.91 Å². The fourth-order valence-electron chi connectivity index (χ4n) is 3.23. The number of rotatable bonds is 8. The van der Waals surface area contributed by atoms with E-state index in [0.29, 0.717) is 18.0 Å². The van der Waals surface area contributed by atoms with Crippen LogP contribution in [0.15, 0.2) is 48.5 Å². The third kappa shape index (κ3) is 4.09. The van der Waals surface area contributed by atoms with E-state index in [0.717, 1.165) is 11.1 Å². The molecule has 148 valence electrons. The molecule has 2 atom stereocenters. The normalized spacial score (nSPS) is 18.4. The largest absolute Gasteiger partial charge is 0.497 e. The van der Waals surface area contributed by atoms with Gasteiger partial charge in [-0.25, -0.2) is 5.48 Å². The molecule has 1 N–H and O–H groups in total. The molecule has 0 aromatic heterocycles. The number of hydroxylamine groups is 1. The van der Waals surface area contributed by atoms with Gasteiger partial charge in [-0.05, 0) is 24.6 Å². The van der Waals surface area contributed by atoms with E-state index in [-0.39, 0.29) is 18.6 Å². The topological polar surface area (TPSA) is 77.1 Å². The summed E-state index contributed by atoms with van der Waals surface area (Å²) in [5, 5.41) is 0. The molecular formula is C21H24N2O5. The number of nitrogens with zero attached hydrogens (tertiary/aromatic N) is 1. The van der Waals surface area contributed by atoms with Crippen LogP contribution in [0.2, 0.25) is 0 Å². The summed E-state index contributed by atoms with van der Waals surface area (Å²) in [6.45, 7) is 2.45. The van der Waals surface area contributed by atoms with Gasteiger partial charge >= 0.3 is 0 Å². The molecule has 1 aliphatic heterocycles. The summed E-state index contributed by atoms with van der Waals surface area (Å²) < 4.78 is 10.6. The van der Waals surface area contributed by atoms with Crippen LogP contribution < -0.4 is 15.0 Å². The SMILES string of the molecule is COc1ccc(CN2C(=O)C(C(=O)NOCc3ccccc3)C2C)c(OC)c1. The first-order chi connectivity index (χ1) is 13.5. The second-order valence-corrected chi connectivity index (χ2v) is 6.60. The van der Waals surface area contributed by atoms with E-state index in [9.17, 15) is 9.59 Å². The van der Waals surface area contributed by atoms with Gasteiger partial charge in [-0.3, -0.25) is 14.4 Å². The maximum atomic E-state index is 12.5. The van der Waals surface area contributed by atoms with Crippen molar-refractivity contribution in [1.29, 1.82) is 0 Å². The number of amides is 2. The van der Waals surface area contributed by atoms with Gasteiger partial charge in [-0.15, -0.1) is 0 Å². The van der Waals surface area contributed by atoms with Crippen molar-refractivity contribution in [3.05, 3.63) is 59.7 Å². The molecule has 1 saturated heterocycles. The smallest absolute Gasteiger partial charge is 0.258 e. The monoisotopic (exact) mass is 384 g/mol. The number of hydrogen-bond acceptors (Lipinski definition) is 5. The van der Waals surface area contributed by atoms with Crippen LogP contribution in [0.25, 0.3) is 0 Å². The Bertz CT molecular complexity index is 840. The van der Waals surface area contributed by atoms with Crippen molar-refractivity contribution in [2.45, 2.75) is 26.1 Å². The van der Waals surface area contributed by atoms with Crippen molar-refractivity contribution in [2.24, 2.45) is 5.92 Å². The zero-order valence-corrected chi connectivity index (χ0v) is 16.2. The van der Waals surface area contributed by atoms with Crippen molar-refractivity contribution >= 4 is 11.8 Å². The number of likely N-dealkylation sites (tertiary alicyclic amines) is 1. The minimum atomic E-state index is -0.750. The Morgan fingerprint density at radius 1 is 1.11 bits per heavy atom. The van der Waals surface area contributed by atoms with Crippen LogP contribution in [0.4, 0.5) is 0 Å². The molecule has 1 fully saturated rings. The van der Waals surface area contributed by atoms with Gasteiger partial charge in [-0.1, -0.05) is 30.3 Å². The molecule has 28 heavy (non-hydrogen) atoms. The Labute approximate surface area is 164 Å². The van der Waals surface area contributed by atoms with E-state index in [2.05, 4.69) is 5.48 Å². The van der Waals surface area contributed by atoms with Gasteiger partial charge in [0.25, 0.3) is 5.91 Å². The lowest BCUT2D eigenvalue weighted by molar-refractivity contribution is -0.167. The van der Waals surface area contributed by atoms with E-state index in [1.165, 1.54) is 0 Å². The molecule has 2 aromatic carbocycles. The molecule has 0 aliphatic carbocycles. The standard InChI is InChI=1S/C21H24N2O5/c1-14-19(20(24)22-28-13-15-7-5-4-6-8-15)21(25)23(14)12-16-9-10-17(26-2)11-18(16)27-3/h4-11,14,19H,12-13H2,1-3H3,(H,22,24). The quantitative estimate of drug-likeness (QED) is 0.429. The molecule has 1 aliphatic rings. The van der Waals surface area contributed by atoms with E-state index in [1.807, 2.05) is 49.4 Å². The molecule has 7 heteroatoms. The van der Waals surface area contributed by atoms with Crippen LogP contribution >= 0.6 is 0 Å². The number of carbonyl (C=O) groups is 2. The number of ether oxygens (including phenoxy) is 2. The minimum Gasteiger partial charge on any atom is -0.497 e. The Hall–Kier alpha value is -3.06. The van der Waals surface area contributed by atoms with E-state index < -0.39 is 11.8 Å². The Morgan fingerprint density at radius 3 is 2.50 bits per heavy atom. The van der Waals surface area contributed by atoms with Crippen LogP contribution in [-0.4, -0.2) is 37.0 Å². The summed E-state index contributed by atoms with van der Waals surface area (Å²) in [5.41, 5.74) is 4.17. The van der Waals surface area contributed by atoms with Gasteiger partial charge in [0, 0.05) is 24.2 Å². The van der Waals surface area contributed by atoms with Crippen LogP contribution in [0.1, 0.15) is 18.1 Å². The van der Waals surface area contributed by atoms with Crippen LogP contribution in [-0.2, 0) is 27.6 Å². The molecule has 2 unspecified atom stereocenters. The Kier molecular flexibility index (Phi) is 6.16. The molecule has 3 rings (SSSR count). The molecule has 2 amide bonds. The second kappa shape index (κ2) is 8.75. The molecular weight excluding hydrogens is 360 g/mol. The van der Waals surface area contributed by atoms with Gasteiger partial charge in [-0.2, -0.15) is 0 Å². The number of β-lactam (4-membered cyclic amide) rings is 1. The maximum absolute atomic E-state index is 12.5. The molecule has 0 spiro atoms. The van der Waals surface area contributed by atoms with Crippen molar-refractivity contribution in [1.82, 2.24) is 10.4 Å². The van der Waals surface area contributed by atoms with Crippen LogP contribution in [0, 0.1) is 5.92 Å². The summed E-state index contributed by atoms with van der Waals surface area (Å²) in [4.78, 5) is 31.7. The third-order valence-electron chi connectivity index (χ3n) is 4.89. The lowest BCUT2D eigenvalue weighted by Gasteiger charge is -2.44. The zero-order chi connectivity index (χ0) is 20.1. The van der Waals surface area contributed by atoms with Crippen molar-refractivity contribution in [3.8, 4) is 11.5 Å². The number of methoxy groups -OCH3 is 2. The molecule has 0 bridgehead atoms. The summed E-state index contributed by atoms with van der Waals surface area (Å²) in [6.07, 6.45) is 0. The maximum Gasteiger partial charge on any atom is 0.258 e. The first kappa shape index (κ1) is 19.7. The summed E-state index contributed by atoms with van der Waals surface area (Å²) in [7, 11) is 3.15. The van der Waals surface area contributed by atoms with Crippen LogP contribution in [0.3, 0.4) is 0 Å². The Balaban J connectivity index is 1.55. The average molecular weight is 384 g/mol. The predicted molar refractivity (Wildman–Crippen MR) is 102 cm³/mol. The minimum absolute atomic E-state index is 0.230. The molecule has 1 heterocycles. The highest BCUT2D eigenvalue weighted by Crippen LogP contribution is 2.32. The third-order valence-corrected chi connectivity index (χ3v) is 4.89. The average Bonchev–Trinajstić information content (AvgIpc) is 2.72. The highest BCUT2D eigenvalue weighted by molar-refractivity contribution is 6.05. The van der Waals surface area contributed by atoms with Gasteiger partial charge in [0.05, 0.1) is 20.8 Å². The van der Waals surface area contributed by atoms with Crippen LogP contribution in [0.5, 0.6) is 11.5 Å². The lowest BCUT2D eigenvalue weighted by atomic mass is 9.87. The van der Waals surface area contributed by atoms with Gasteiger partial charge in [0.1, 0.15) is 17.4 Å². The number of nitrogens with one attached hydrogen (secondary N) is 1. The fraction of sp³-hybridized carbons (Fsp3) is 0.333. The van der Waals surface area contributed by atoms with Crippen molar-refractivity contribution < 1.29 is 23.9 Å². The summed E-state index contributed by atoms with van der Waals surface area (Å²) in [6, 6.07) is 14.7. The molecule has 2 aromatic rings. The highest BCUT2D eigenvalue weighted by Gasteiger charge is 2.49. The fourth-order valence-corrected chi connectivity index (χ4v) is 3.23. The van der Waals surface area contributed by atoms with E-state index in [4.69, 9.17) is 14.3 Å². The number of benzene rings is 2. The van der Waals surface area contributed by atoms with Crippen molar-refractivity contribution in [3.63, 3.8) is 0 Å². The van der Waals surface area contributed by atoms with Gasteiger partial charge in [0.15, 0.2) is 0 Å². The van der Waals surface area contributed by atoms with E-state index >= 15 is 0 Å². The Morgan fingerprint density at radius 2 is 1.86 bits per heavy atom.